The van der Waals surface area contributed by atoms with Crippen molar-refractivity contribution in [3.8, 4) is 17.1 Å². The summed E-state index contributed by atoms with van der Waals surface area (Å²) in [4.78, 5) is 17.0. The minimum atomic E-state index is -0.425. The van der Waals surface area contributed by atoms with Gasteiger partial charge in [0, 0.05) is 40.8 Å². The van der Waals surface area contributed by atoms with Gasteiger partial charge >= 0.3 is 0 Å². The normalized spacial score (nSPS) is 12.2. The quantitative estimate of drug-likeness (QED) is 0.389. The van der Waals surface area contributed by atoms with Crippen LogP contribution < -0.4 is 5.32 Å². The maximum atomic E-state index is 12.9. The number of rotatable bonds is 7. The summed E-state index contributed by atoms with van der Waals surface area (Å²) in [6.07, 6.45) is 5.08. The number of halogens is 1. The highest BCUT2D eigenvalue weighted by Gasteiger charge is 2.23. The van der Waals surface area contributed by atoms with Crippen LogP contribution in [0.3, 0.4) is 0 Å². The largest absolute Gasteiger partial charge is 0.310 e. The van der Waals surface area contributed by atoms with E-state index in [1.807, 2.05) is 61.7 Å². The van der Waals surface area contributed by atoms with Crippen molar-refractivity contribution in [2.45, 2.75) is 37.2 Å². The number of thioether (sulfide) groups is 1. The molecule has 0 spiro atoms. The lowest BCUT2D eigenvalue weighted by Crippen LogP contribution is -2.25. The fraction of sp³-hybridized carbons (Fsp3) is 0.227. The van der Waals surface area contributed by atoms with E-state index < -0.39 is 5.25 Å². The topological polar surface area (TPSA) is 90.5 Å². The zero-order valence-electron chi connectivity index (χ0n) is 17.8. The van der Waals surface area contributed by atoms with Crippen molar-refractivity contribution in [1.82, 2.24) is 29.5 Å². The van der Waals surface area contributed by atoms with Crippen LogP contribution in [-0.2, 0) is 4.79 Å². The number of benzene rings is 1. The highest BCUT2D eigenvalue weighted by atomic mass is 35.5. The Morgan fingerprint density at radius 1 is 1.00 bits per heavy atom. The van der Waals surface area contributed by atoms with Gasteiger partial charge in [0.25, 0.3) is 0 Å². The first kappa shape index (κ1) is 22.0. The molecular formula is C22H22ClN7OS. The van der Waals surface area contributed by atoms with Crippen molar-refractivity contribution in [3.63, 3.8) is 0 Å². The van der Waals surface area contributed by atoms with Gasteiger partial charge in [-0.2, -0.15) is 5.10 Å². The summed E-state index contributed by atoms with van der Waals surface area (Å²) in [5, 5.41) is 16.8. The Morgan fingerprint density at radius 3 is 2.41 bits per heavy atom. The highest BCUT2D eigenvalue weighted by Crippen LogP contribution is 2.31. The molecule has 1 amide bonds. The summed E-state index contributed by atoms with van der Waals surface area (Å²) in [7, 11) is 0. The number of hydrogen-bond acceptors (Lipinski definition) is 6. The maximum Gasteiger partial charge on any atom is 0.238 e. The van der Waals surface area contributed by atoms with E-state index in [1.54, 1.807) is 29.3 Å². The van der Waals surface area contributed by atoms with E-state index in [9.17, 15) is 4.79 Å². The zero-order valence-corrected chi connectivity index (χ0v) is 19.4. The van der Waals surface area contributed by atoms with Gasteiger partial charge in [0.1, 0.15) is 5.82 Å². The Morgan fingerprint density at radius 2 is 1.72 bits per heavy atom. The second-order valence-corrected chi connectivity index (χ2v) is 9.10. The van der Waals surface area contributed by atoms with Crippen LogP contribution >= 0.6 is 23.4 Å². The SMILES string of the molecule is CC(Sc1nnc(-c2ccncc2)n1-c1ccc(Cl)cc1)C(=O)Nc1ccnn1C(C)C. The van der Waals surface area contributed by atoms with Gasteiger partial charge in [-0.3, -0.25) is 14.3 Å². The number of amides is 1. The molecule has 1 aromatic carbocycles. The Hall–Kier alpha value is -3.17. The highest BCUT2D eigenvalue weighted by molar-refractivity contribution is 8.00. The van der Waals surface area contributed by atoms with Crippen molar-refractivity contribution in [1.29, 1.82) is 0 Å². The number of anilines is 1. The van der Waals surface area contributed by atoms with Gasteiger partial charge in [-0.1, -0.05) is 23.4 Å². The molecule has 0 aliphatic carbocycles. The van der Waals surface area contributed by atoms with Gasteiger partial charge in [-0.25, -0.2) is 4.68 Å². The molecule has 164 valence electrons. The van der Waals surface area contributed by atoms with E-state index in [0.29, 0.717) is 21.8 Å². The van der Waals surface area contributed by atoms with E-state index in [2.05, 4.69) is 25.6 Å². The summed E-state index contributed by atoms with van der Waals surface area (Å²) in [5.41, 5.74) is 1.71. The second-order valence-electron chi connectivity index (χ2n) is 7.36. The first-order valence-corrected chi connectivity index (χ1v) is 11.3. The molecule has 32 heavy (non-hydrogen) atoms. The Bertz CT molecular complexity index is 1200. The lowest BCUT2D eigenvalue weighted by molar-refractivity contribution is -0.115. The zero-order chi connectivity index (χ0) is 22.7. The van der Waals surface area contributed by atoms with E-state index in [0.717, 1.165) is 11.3 Å². The van der Waals surface area contributed by atoms with E-state index in [-0.39, 0.29) is 11.9 Å². The monoisotopic (exact) mass is 467 g/mol. The predicted octanol–water partition coefficient (Wildman–Crippen LogP) is 4.88. The maximum absolute atomic E-state index is 12.9. The lowest BCUT2D eigenvalue weighted by Gasteiger charge is -2.15. The van der Waals surface area contributed by atoms with E-state index >= 15 is 0 Å². The minimum Gasteiger partial charge on any atom is -0.310 e. The molecule has 1 N–H and O–H groups in total. The molecule has 1 atom stereocenters. The first-order valence-electron chi connectivity index (χ1n) is 10.1. The second kappa shape index (κ2) is 9.54. The number of nitrogens with zero attached hydrogens (tertiary/aromatic N) is 6. The number of hydrogen-bond donors (Lipinski definition) is 1. The molecule has 4 aromatic rings. The fourth-order valence-corrected chi connectivity index (χ4v) is 4.11. The summed E-state index contributed by atoms with van der Waals surface area (Å²) >= 11 is 7.41. The molecule has 3 aromatic heterocycles. The molecular weight excluding hydrogens is 446 g/mol. The fourth-order valence-electron chi connectivity index (χ4n) is 3.12. The third-order valence-corrected chi connectivity index (χ3v) is 6.01. The van der Waals surface area contributed by atoms with Gasteiger partial charge in [-0.05, 0) is 57.2 Å². The summed E-state index contributed by atoms with van der Waals surface area (Å²) in [5.74, 6) is 1.17. The molecule has 0 aliphatic rings. The molecule has 0 aliphatic heterocycles. The minimum absolute atomic E-state index is 0.138. The molecule has 0 radical (unpaired) electrons. The molecule has 0 saturated heterocycles. The first-order chi connectivity index (χ1) is 15.4. The smallest absolute Gasteiger partial charge is 0.238 e. The average Bonchev–Trinajstić information content (AvgIpc) is 3.42. The molecule has 0 bridgehead atoms. The van der Waals surface area contributed by atoms with E-state index in [4.69, 9.17) is 11.6 Å². The van der Waals surface area contributed by atoms with Gasteiger partial charge in [-0.15, -0.1) is 10.2 Å². The average molecular weight is 468 g/mol. The van der Waals surface area contributed by atoms with Gasteiger partial charge in [0.15, 0.2) is 11.0 Å². The van der Waals surface area contributed by atoms with Crippen LogP contribution in [0, 0.1) is 0 Å². The van der Waals surface area contributed by atoms with Crippen molar-refractivity contribution in [2.24, 2.45) is 0 Å². The van der Waals surface area contributed by atoms with Crippen LogP contribution in [0.2, 0.25) is 5.02 Å². The van der Waals surface area contributed by atoms with Crippen LogP contribution in [0.1, 0.15) is 26.8 Å². The number of nitrogens with one attached hydrogen (secondary N) is 1. The molecule has 4 rings (SSSR count). The Labute approximate surface area is 195 Å². The van der Waals surface area contributed by atoms with Crippen LogP contribution in [0.5, 0.6) is 0 Å². The summed E-state index contributed by atoms with van der Waals surface area (Å²) in [6.45, 7) is 5.86. The third kappa shape index (κ3) is 4.68. The molecule has 10 heteroatoms. The molecule has 0 saturated carbocycles. The predicted molar refractivity (Wildman–Crippen MR) is 126 cm³/mol. The van der Waals surface area contributed by atoms with Crippen molar-refractivity contribution in [3.05, 3.63) is 66.1 Å². The number of pyridine rings is 1. The van der Waals surface area contributed by atoms with Crippen LogP contribution in [0.25, 0.3) is 17.1 Å². The van der Waals surface area contributed by atoms with Gasteiger partial charge in [0.05, 0.1) is 11.4 Å². The third-order valence-electron chi connectivity index (χ3n) is 4.72. The summed E-state index contributed by atoms with van der Waals surface area (Å²) in [6, 6.07) is 13.1. The van der Waals surface area contributed by atoms with Crippen molar-refractivity contribution in [2.75, 3.05) is 5.32 Å². The summed E-state index contributed by atoms with van der Waals surface area (Å²) < 4.78 is 3.69. The van der Waals surface area contributed by atoms with Crippen LogP contribution in [-0.4, -0.2) is 40.7 Å². The Balaban J connectivity index is 1.63. The Kier molecular flexibility index (Phi) is 6.57. The molecule has 1 unspecified atom stereocenters. The van der Waals surface area contributed by atoms with Crippen LogP contribution in [0.15, 0.2) is 66.2 Å². The number of carbonyl (C=O) groups is 1. The van der Waals surface area contributed by atoms with Gasteiger partial charge in [0.2, 0.25) is 5.91 Å². The number of aromatic nitrogens is 6. The van der Waals surface area contributed by atoms with Crippen molar-refractivity contribution < 1.29 is 4.79 Å². The lowest BCUT2D eigenvalue weighted by atomic mass is 10.2. The molecule has 3 heterocycles. The van der Waals surface area contributed by atoms with Gasteiger partial charge < -0.3 is 5.32 Å². The van der Waals surface area contributed by atoms with E-state index in [1.165, 1.54) is 11.8 Å². The number of carbonyl (C=O) groups excluding carboxylic acids is 1. The molecule has 8 nitrogen and oxygen atoms in total. The molecule has 0 fully saturated rings. The van der Waals surface area contributed by atoms with Crippen LogP contribution in [0.4, 0.5) is 5.82 Å². The standard InChI is InChI=1S/C22H22ClN7OS/c1-14(2)30-19(10-13-25-30)26-21(31)15(3)32-22-28-27-20(16-8-11-24-12-9-16)29(22)18-6-4-17(23)5-7-18/h4-15H,1-3H3,(H,26,31). The van der Waals surface area contributed by atoms with Crippen molar-refractivity contribution >= 4 is 35.1 Å².